The highest BCUT2D eigenvalue weighted by Crippen LogP contribution is 2.44. The molecule has 0 N–H and O–H groups in total. The first-order chi connectivity index (χ1) is 15.9. The van der Waals surface area contributed by atoms with Crippen LogP contribution in [-0.2, 0) is 29.5 Å². The largest absolute Gasteiger partial charge is 0.380 e. The Labute approximate surface area is 193 Å². The van der Waals surface area contributed by atoms with Gasteiger partial charge in [-0.2, -0.15) is 4.98 Å². The van der Waals surface area contributed by atoms with Crippen molar-refractivity contribution >= 4 is 11.6 Å². The van der Waals surface area contributed by atoms with Crippen LogP contribution in [0.4, 0.5) is 5.69 Å². The number of aryl methyl sites for hydroxylation is 1. The number of ether oxygens (including phenoxy) is 1. The molecule has 0 bridgehead atoms. The minimum atomic E-state index is -0.730. The van der Waals surface area contributed by atoms with Gasteiger partial charge in [-0.1, -0.05) is 44.0 Å². The molecular formula is C25H32N4O4. The SMILES string of the molecule is CCOC[C@H]1Cn2c(CC3(c4cccc(CC)c4)CCCC3)nc(=O)c(N=O)c2C(=O)N1C. The van der Waals surface area contributed by atoms with Crippen molar-refractivity contribution in [2.24, 2.45) is 5.18 Å². The molecule has 0 radical (unpaired) electrons. The highest BCUT2D eigenvalue weighted by atomic mass is 16.5. The molecular weight excluding hydrogens is 420 g/mol. The fourth-order valence-electron chi connectivity index (χ4n) is 5.35. The molecule has 2 aliphatic rings. The number of hydrogen-bond donors (Lipinski definition) is 0. The van der Waals surface area contributed by atoms with Gasteiger partial charge in [-0.05, 0) is 42.5 Å². The summed E-state index contributed by atoms with van der Waals surface area (Å²) >= 11 is 0. The van der Waals surface area contributed by atoms with Crippen LogP contribution >= 0.6 is 0 Å². The first-order valence-electron chi connectivity index (χ1n) is 11.9. The lowest BCUT2D eigenvalue weighted by atomic mass is 9.75. The summed E-state index contributed by atoms with van der Waals surface area (Å²) < 4.78 is 7.36. The van der Waals surface area contributed by atoms with E-state index in [0.717, 1.165) is 32.1 Å². The Morgan fingerprint density at radius 3 is 2.64 bits per heavy atom. The first kappa shape index (κ1) is 23.3. The van der Waals surface area contributed by atoms with Gasteiger partial charge in [-0.15, -0.1) is 4.91 Å². The molecule has 33 heavy (non-hydrogen) atoms. The third-order valence-corrected chi connectivity index (χ3v) is 7.31. The van der Waals surface area contributed by atoms with Crippen LogP contribution in [0.5, 0.6) is 0 Å². The number of nitroso groups, excluding NO2 is 1. The molecule has 1 amide bonds. The van der Waals surface area contributed by atoms with E-state index in [0.29, 0.717) is 32.0 Å². The van der Waals surface area contributed by atoms with E-state index in [2.05, 4.69) is 41.4 Å². The van der Waals surface area contributed by atoms with Crippen LogP contribution in [0.2, 0.25) is 0 Å². The number of rotatable bonds is 8. The van der Waals surface area contributed by atoms with Crippen molar-refractivity contribution in [3.05, 3.63) is 62.2 Å². The third kappa shape index (κ3) is 4.24. The van der Waals surface area contributed by atoms with Crippen LogP contribution in [0.1, 0.15) is 67.0 Å². The minimum absolute atomic E-state index is 0.0469. The van der Waals surface area contributed by atoms with E-state index in [9.17, 15) is 14.5 Å². The van der Waals surface area contributed by atoms with Gasteiger partial charge >= 0.3 is 5.56 Å². The molecule has 1 saturated carbocycles. The molecule has 2 heterocycles. The van der Waals surface area contributed by atoms with Gasteiger partial charge in [0, 0.05) is 32.0 Å². The molecule has 1 aromatic carbocycles. The average molecular weight is 453 g/mol. The van der Waals surface area contributed by atoms with Crippen molar-refractivity contribution in [2.75, 3.05) is 20.3 Å². The lowest BCUT2D eigenvalue weighted by Gasteiger charge is -2.37. The Balaban J connectivity index is 1.82. The number of hydrogen-bond acceptors (Lipinski definition) is 6. The summed E-state index contributed by atoms with van der Waals surface area (Å²) in [5.74, 6) is 0.156. The molecule has 0 spiro atoms. The minimum Gasteiger partial charge on any atom is -0.380 e. The van der Waals surface area contributed by atoms with Crippen molar-refractivity contribution in [3.8, 4) is 0 Å². The van der Waals surface area contributed by atoms with Crippen molar-refractivity contribution in [3.63, 3.8) is 0 Å². The molecule has 0 saturated heterocycles. The number of nitrogens with zero attached hydrogens (tertiary/aromatic N) is 4. The zero-order chi connectivity index (χ0) is 23.6. The highest BCUT2D eigenvalue weighted by molar-refractivity contribution is 5.97. The van der Waals surface area contributed by atoms with Gasteiger partial charge in [0.25, 0.3) is 5.91 Å². The summed E-state index contributed by atoms with van der Waals surface area (Å²) in [5.41, 5.74) is 1.30. The van der Waals surface area contributed by atoms with E-state index in [4.69, 9.17) is 4.74 Å². The summed E-state index contributed by atoms with van der Waals surface area (Å²) in [7, 11) is 1.67. The summed E-state index contributed by atoms with van der Waals surface area (Å²) in [4.78, 5) is 43.3. The molecule has 176 valence electrons. The average Bonchev–Trinajstić information content (AvgIpc) is 3.30. The van der Waals surface area contributed by atoms with Crippen LogP contribution in [0.25, 0.3) is 0 Å². The second-order valence-corrected chi connectivity index (χ2v) is 9.18. The van der Waals surface area contributed by atoms with Gasteiger partial charge in [-0.3, -0.25) is 9.59 Å². The third-order valence-electron chi connectivity index (χ3n) is 7.31. The number of amides is 1. The normalized spacial score (nSPS) is 19.5. The molecule has 4 rings (SSSR count). The van der Waals surface area contributed by atoms with Crippen LogP contribution in [0, 0.1) is 4.91 Å². The number of carbonyl (C=O) groups is 1. The fraction of sp³-hybridized carbons (Fsp3) is 0.560. The summed E-state index contributed by atoms with van der Waals surface area (Å²) in [5, 5.41) is 2.90. The second kappa shape index (κ2) is 9.55. The Hall–Kier alpha value is -2.87. The second-order valence-electron chi connectivity index (χ2n) is 9.18. The number of fused-ring (bicyclic) bond motifs is 1. The maximum atomic E-state index is 13.2. The zero-order valence-corrected chi connectivity index (χ0v) is 19.7. The number of aromatic nitrogens is 2. The predicted molar refractivity (Wildman–Crippen MR) is 126 cm³/mol. The van der Waals surface area contributed by atoms with E-state index in [1.807, 2.05) is 6.92 Å². The Morgan fingerprint density at radius 2 is 1.97 bits per heavy atom. The molecule has 1 aliphatic heterocycles. The number of benzene rings is 1. The zero-order valence-electron chi connectivity index (χ0n) is 19.7. The molecule has 1 aliphatic carbocycles. The highest BCUT2D eigenvalue weighted by Gasteiger charge is 2.40. The lowest BCUT2D eigenvalue weighted by Crippen LogP contribution is -2.50. The molecule has 1 aromatic heterocycles. The Morgan fingerprint density at radius 1 is 1.21 bits per heavy atom. The van der Waals surface area contributed by atoms with Crippen LogP contribution < -0.4 is 5.56 Å². The van der Waals surface area contributed by atoms with Crippen molar-refractivity contribution in [1.82, 2.24) is 14.5 Å². The van der Waals surface area contributed by atoms with E-state index in [1.54, 1.807) is 16.5 Å². The van der Waals surface area contributed by atoms with E-state index in [1.165, 1.54) is 11.1 Å². The molecule has 0 unspecified atom stereocenters. The number of likely N-dealkylation sites (N-methyl/N-ethyl adjacent to an activating group) is 1. The molecule has 8 nitrogen and oxygen atoms in total. The van der Waals surface area contributed by atoms with E-state index < -0.39 is 17.2 Å². The van der Waals surface area contributed by atoms with E-state index >= 15 is 0 Å². The maximum Gasteiger partial charge on any atom is 0.303 e. The Kier molecular flexibility index (Phi) is 6.74. The number of carbonyl (C=O) groups excluding carboxylic acids is 1. The van der Waals surface area contributed by atoms with Gasteiger partial charge < -0.3 is 14.2 Å². The predicted octanol–water partition coefficient (Wildman–Crippen LogP) is 3.75. The van der Waals surface area contributed by atoms with Crippen molar-refractivity contribution in [2.45, 2.75) is 70.4 Å². The van der Waals surface area contributed by atoms with Gasteiger partial charge in [0.05, 0.1) is 12.6 Å². The molecule has 2 aromatic rings. The summed E-state index contributed by atoms with van der Waals surface area (Å²) in [6.07, 6.45) is 5.70. The smallest absolute Gasteiger partial charge is 0.303 e. The summed E-state index contributed by atoms with van der Waals surface area (Å²) in [6, 6.07) is 8.44. The van der Waals surface area contributed by atoms with Crippen molar-refractivity contribution in [1.29, 1.82) is 0 Å². The van der Waals surface area contributed by atoms with E-state index in [-0.39, 0.29) is 17.2 Å². The summed E-state index contributed by atoms with van der Waals surface area (Å²) in [6.45, 7) is 5.37. The molecule has 1 atom stereocenters. The lowest BCUT2D eigenvalue weighted by molar-refractivity contribution is 0.0406. The maximum absolute atomic E-state index is 13.2. The topological polar surface area (TPSA) is 93.9 Å². The van der Waals surface area contributed by atoms with Crippen molar-refractivity contribution < 1.29 is 9.53 Å². The van der Waals surface area contributed by atoms with Gasteiger partial charge in [-0.25, -0.2) is 0 Å². The monoisotopic (exact) mass is 452 g/mol. The quantitative estimate of drug-likeness (QED) is 0.569. The molecule has 8 heteroatoms. The Bertz CT molecular complexity index is 1100. The van der Waals surface area contributed by atoms with Gasteiger partial charge in [0.15, 0.2) is 0 Å². The first-order valence-corrected chi connectivity index (χ1v) is 11.9. The van der Waals surface area contributed by atoms with Gasteiger partial charge in [0.1, 0.15) is 11.5 Å². The van der Waals surface area contributed by atoms with Crippen LogP contribution in [0.15, 0.2) is 34.2 Å². The standard InChI is InChI=1S/C25H32N4O4/c1-4-17-9-8-10-18(13-17)25(11-6-7-12-25)14-20-26-23(30)21(27-32)22-24(31)28(3)19(15-29(20)22)16-33-5-2/h8-10,13,19H,4-7,11-12,14-16H2,1-3H3/t19-/m1/s1. The fourth-order valence-corrected chi connectivity index (χ4v) is 5.35. The van der Waals surface area contributed by atoms with Crippen LogP contribution in [-0.4, -0.2) is 46.7 Å². The molecule has 1 fully saturated rings. The van der Waals surface area contributed by atoms with Gasteiger partial charge in [0.2, 0.25) is 5.69 Å². The van der Waals surface area contributed by atoms with Crippen LogP contribution in [0.3, 0.4) is 0 Å².